The average molecular weight is 653 g/mol. The SMILES string of the molecule is CCCCCCCCCCCCOP(Oc1c(C(C)(C)C)cc(C)cc1C(C)(C)C)OP(O)O.OCC(CO)(CO)CO. The van der Waals surface area contributed by atoms with Gasteiger partial charge >= 0.3 is 17.2 Å². The van der Waals surface area contributed by atoms with E-state index in [4.69, 9.17) is 33.8 Å². The molecule has 6 N–H and O–H groups in total. The molecule has 1 rings (SSSR count). The Kier molecular flexibility index (Phi) is 21.9. The van der Waals surface area contributed by atoms with Crippen LogP contribution in [0.5, 0.6) is 5.75 Å². The Morgan fingerprint density at radius 3 is 1.37 bits per heavy atom. The molecule has 0 aliphatic carbocycles. The van der Waals surface area contributed by atoms with Gasteiger partial charge in [-0.25, -0.2) is 4.31 Å². The van der Waals surface area contributed by atoms with E-state index in [0.29, 0.717) is 6.61 Å². The van der Waals surface area contributed by atoms with Gasteiger partial charge in [0.25, 0.3) is 0 Å². The van der Waals surface area contributed by atoms with Crippen molar-refractivity contribution in [2.45, 2.75) is 130 Å². The molecular weight excluding hydrogens is 590 g/mol. The Labute approximate surface area is 264 Å². The zero-order chi connectivity index (χ0) is 33.1. The number of rotatable bonds is 20. The summed E-state index contributed by atoms with van der Waals surface area (Å²) in [5, 5.41) is 34.0. The van der Waals surface area contributed by atoms with Gasteiger partial charge in [0, 0.05) is 11.1 Å². The van der Waals surface area contributed by atoms with Crippen molar-refractivity contribution in [2.24, 2.45) is 5.41 Å². The lowest BCUT2D eigenvalue weighted by atomic mass is 9.78. The third-order valence-electron chi connectivity index (χ3n) is 7.19. The summed E-state index contributed by atoms with van der Waals surface area (Å²) in [4.78, 5) is 19.1. The molecule has 43 heavy (non-hydrogen) atoms. The molecular formula is C32H62O9P2. The highest BCUT2D eigenvalue weighted by Crippen LogP contribution is 2.54. The van der Waals surface area contributed by atoms with Crippen LogP contribution in [0.15, 0.2) is 12.1 Å². The van der Waals surface area contributed by atoms with Crippen molar-refractivity contribution in [3.05, 3.63) is 28.8 Å². The van der Waals surface area contributed by atoms with Gasteiger partial charge in [0.2, 0.25) is 0 Å². The first-order valence-corrected chi connectivity index (χ1v) is 17.9. The molecule has 1 unspecified atom stereocenters. The second-order valence-corrected chi connectivity index (χ2v) is 15.5. The van der Waals surface area contributed by atoms with Crippen LogP contribution in [0.1, 0.15) is 129 Å². The Bertz CT molecular complexity index is 798. The third-order valence-corrected chi connectivity index (χ3v) is 9.03. The zero-order valence-corrected chi connectivity index (χ0v) is 29.9. The van der Waals surface area contributed by atoms with Crippen molar-refractivity contribution in [1.29, 1.82) is 0 Å². The number of aliphatic hydroxyl groups excluding tert-OH is 4. The average Bonchev–Trinajstić information content (AvgIpc) is 2.93. The summed E-state index contributed by atoms with van der Waals surface area (Å²) in [5.74, 6) is 0.733. The molecule has 11 heteroatoms. The van der Waals surface area contributed by atoms with Gasteiger partial charge in [-0.15, -0.1) is 0 Å². The summed E-state index contributed by atoms with van der Waals surface area (Å²) in [6, 6.07) is 4.28. The van der Waals surface area contributed by atoms with Crippen molar-refractivity contribution in [2.75, 3.05) is 33.0 Å². The maximum Gasteiger partial charge on any atom is 0.404 e. The number of unbranched alkanes of at least 4 members (excludes halogenated alkanes) is 9. The van der Waals surface area contributed by atoms with E-state index in [0.717, 1.165) is 29.7 Å². The molecule has 1 aromatic rings. The van der Waals surface area contributed by atoms with E-state index in [9.17, 15) is 9.79 Å². The molecule has 0 radical (unpaired) electrons. The lowest BCUT2D eigenvalue weighted by Crippen LogP contribution is -2.37. The summed E-state index contributed by atoms with van der Waals surface area (Å²) >= 11 is 0. The maximum absolute atomic E-state index is 9.53. The van der Waals surface area contributed by atoms with Crippen LogP contribution in [0.3, 0.4) is 0 Å². The molecule has 0 spiro atoms. The molecule has 254 valence electrons. The van der Waals surface area contributed by atoms with Gasteiger partial charge in [0.05, 0.1) is 38.4 Å². The van der Waals surface area contributed by atoms with Crippen molar-refractivity contribution < 1.29 is 43.6 Å². The van der Waals surface area contributed by atoms with E-state index in [2.05, 4.69) is 67.5 Å². The van der Waals surface area contributed by atoms with Gasteiger partial charge in [-0.1, -0.05) is 124 Å². The molecule has 0 saturated carbocycles. The van der Waals surface area contributed by atoms with Crippen LogP contribution < -0.4 is 4.52 Å². The van der Waals surface area contributed by atoms with Crippen LogP contribution in [0.4, 0.5) is 0 Å². The Morgan fingerprint density at radius 2 is 1.05 bits per heavy atom. The smallest absolute Gasteiger partial charge is 0.404 e. The minimum absolute atomic E-state index is 0.151. The van der Waals surface area contributed by atoms with E-state index in [1.807, 2.05) is 0 Å². The van der Waals surface area contributed by atoms with Crippen molar-refractivity contribution in [1.82, 2.24) is 0 Å². The normalized spacial score (nSPS) is 13.2. The minimum atomic E-state index is -2.58. The van der Waals surface area contributed by atoms with Crippen molar-refractivity contribution in [3.63, 3.8) is 0 Å². The lowest BCUT2D eigenvalue weighted by Gasteiger charge is -2.31. The summed E-state index contributed by atoms with van der Waals surface area (Å²) in [6.45, 7) is 16.1. The molecule has 0 saturated heterocycles. The van der Waals surface area contributed by atoms with Crippen LogP contribution in [0.25, 0.3) is 0 Å². The van der Waals surface area contributed by atoms with Gasteiger partial charge < -0.3 is 39.3 Å². The molecule has 1 aromatic carbocycles. The Hall–Kier alpha value is -0.440. The van der Waals surface area contributed by atoms with Gasteiger partial charge in [-0.2, -0.15) is 0 Å². The van der Waals surface area contributed by atoms with Gasteiger partial charge in [0.15, 0.2) is 0 Å². The molecule has 9 nitrogen and oxygen atoms in total. The monoisotopic (exact) mass is 652 g/mol. The molecule has 1 atom stereocenters. The molecule has 0 amide bonds. The van der Waals surface area contributed by atoms with Crippen LogP contribution in [-0.2, 0) is 19.7 Å². The molecule has 0 heterocycles. The summed E-state index contributed by atoms with van der Waals surface area (Å²) in [5.41, 5.74) is 1.89. The largest absolute Gasteiger partial charge is 0.426 e. The summed E-state index contributed by atoms with van der Waals surface area (Å²) in [6.07, 6.45) is 12.5. The van der Waals surface area contributed by atoms with Gasteiger partial charge in [-0.05, 0) is 24.2 Å². The van der Waals surface area contributed by atoms with Crippen LogP contribution in [0.2, 0.25) is 0 Å². The quantitative estimate of drug-likeness (QED) is 0.0630. The van der Waals surface area contributed by atoms with E-state index >= 15 is 0 Å². The highest BCUT2D eigenvalue weighted by Gasteiger charge is 2.31. The number of hydrogen-bond donors (Lipinski definition) is 6. The second-order valence-electron chi connectivity index (χ2n) is 13.5. The first kappa shape index (κ1) is 42.6. The topological polar surface area (TPSA) is 149 Å². The number of benzene rings is 1. The molecule has 0 aliphatic heterocycles. The van der Waals surface area contributed by atoms with Crippen molar-refractivity contribution >= 4 is 17.2 Å². The fourth-order valence-corrected chi connectivity index (χ4v) is 5.69. The predicted octanol–water partition coefficient (Wildman–Crippen LogP) is 7.30. The van der Waals surface area contributed by atoms with Crippen LogP contribution >= 0.6 is 17.2 Å². The van der Waals surface area contributed by atoms with E-state index < -0.39 is 49.0 Å². The third kappa shape index (κ3) is 17.7. The van der Waals surface area contributed by atoms with E-state index in [1.165, 1.54) is 56.9 Å². The predicted molar refractivity (Wildman–Crippen MR) is 177 cm³/mol. The minimum Gasteiger partial charge on any atom is -0.426 e. The van der Waals surface area contributed by atoms with E-state index in [1.54, 1.807) is 0 Å². The summed E-state index contributed by atoms with van der Waals surface area (Å²) in [7, 11) is -4.50. The lowest BCUT2D eigenvalue weighted by molar-refractivity contribution is -0.0328. The Morgan fingerprint density at radius 1 is 0.651 bits per heavy atom. The van der Waals surface area contributed by atoms with Crippen LogP contribution in [0, 0.1) is 12.3 Å². The molecule has 0 aliphatic rings. The number of aliphatic hydroxyl groups is 4. The first-order chi connectivity index (χ1) is 20.1. The zero-order valence-electron chi connectivity index (χ0n) is 28.1. The fraction of sp³-hybridized carbons (Fsp3) is 0.812. The van der Waals surface area contributed by atoms with Crippen LogP contribution in [-0.4, -0.2) is 63.2 Å². The standard InChI is InChI=1S/C27H50O5P2.C5H12O4/c1-9-10-11-12-13-14-15-16-17-18-19-30-34(32-33(28)29)31-25-23(26(3,4)5)20-22(2)21-24(25)27(6,7)8;6-1-5(2-7,3-8)4-9/h20-21,28-29H,9-19H2,1-8H3;6-9H,1-4H2. The van der Waals surface area contributed by atoms with Gasteiger partial charge in [0.1, 0.15) is 5.75 Å². The Balaban J connectivity index is 0.00000169. The molecule has 0 fully saturated rings. The highest BCUT2D eigenvalue weighted by atomic mass is 31.2. The maximum atomic E-state index is 9.53. The number of aryl methyl sites for hydroxylation is 1. The van der Waals surface area contributed by atoms with Gasteiger partial charge in [-0.3, -0.25) is 0 Å². The number of hydrogen-bond acceptors (Lipinski definition) is 9. The van der Waals surface area contributed by atoms with Crippen molar-refractivity contribution in [3.8, 4) is 5.75 Å². The highest BCUT2D eigenvalue weighted by molar-refractivity contribution is 7.54. The second kappa shape index (κ2) is 22.1. The molecule has 0 aromatic heterocycles. The fourth-order valence-electron chi connectivity index (χ4n) is 4.22. The summed E-state index contributed by atoms with van der Waals surface area (Å²) < 4.78 is 17.5. The first-order valence-electron chi connectivity index (χ1n) is 15.7. The van der Waals surface area contributed by atoms with E-state index in [-0.39, 0.29) is 10.8 Å². The molecule has 0 bridgehead atoms.